The maximum atomic E-state index is 5.87. The average molecular weight is 285 g/mol. The van der Waals surface area contributed by atoms with E-state index in [4.69, 9.17) is 4.74 Å². The van der Waals surface area contributed by atoms with E-state index in [0.717, 1.165) is 49.8 Å². The first-order chi connectivity index (χ1) is 10.4. The SMILES string of the molecule is c1cncc(C2NCCn3c(C4CCCCO4)nnc32)c1. The summed E-state index contributed by atoms with van der Waals surface area (Å²) >= 11 is 0. The number of ether oxygens (including phenoxy) is 1. The summed E-state index contributed by atoms with van der Waals surface area (Å²) in [4.78, 5) is 4.21. The zero-order chi connectivity index (χ0) is 14.1. The highest BCUT2D eigenvalue weighted by molar-refractivity contribution is 5.23. The number of pyridine rings is 1. The minimum absolute atomic E-state index is 0.0669. The van der Waals surface area contributed by atoms with Crippen molar-refractivity contribution in [1.29, 1.82) is 0 Å². The predicted octanol–water partition coefficient (Wildman–Crippen LogP) is 1.61. The summed E-state index contributed by atoms with van der Waals surface area (Å²) in [5, 5.41) is 12.4. The number of hydrogen-bond donors (Lipinski definition) is 1. The first kappa shape index (κ1) is 12.9. The van der Waals surface area contributed by atoms with Crippen molar-refractivity contribution in [3.05, 3.63) is 41.7 Å². The Bertz CT molecular complexity index is 606. The Labute approximate surface area is 123 Å². The van der Waals surface area contributed by atoms with Gasteiger partial charge in [0, 0.05) is 32.1 Å². The first-order valence-corrected chi connectivity index (χ1v) is 7.61. The molecule has 1 saturated heterocycles. The van der Waals surface area contributed by atoms with Gasteiger partial charge in [-0.2, -0.15) is 0 Å². The van der Waals surface area contributed by atoms with Crippen LogP contribution in [0, 0.1) is 0 Å². The molecule has 2 aliphatic rings. The minimum Gasteiger partial charge on any atom is -0.370 e. The number of nitrogens with zero attached hydrogens (tertiary/aromatic N) is 4. The van der Waals surface area contributed by atoms with Crippen molar-refractivity contribution in [2.45, 2.75) is 38.0 Å². The molecule has 0 radical (unpaired) electrons. The lowest BCUT2D eigenvalue weighted by atomic mass is 10.1. The molecular formula is C15H19N5O. The predicted molar refractivity (Wildman–Crippen MR) is 76.6 cm³/mol. The molecule has 0 saturated carbocycles. The van der Waals surface area contributed by atoms with Crippen LogP contribution in [0.1, 0.15) is 48.6 Å². The largest absolute Gasteiger partial charge is 0.370 e. The van der Waals surface area contributed by atoms with Crippen molar-refractivity contribution in [3.8, 4) is 0 Å². The summed E-state index contributed by atoms with van der Waals surface area (Å²) in [5.41, 5.74) is 1.13. The number of nitrogens with one attached hydrogen (secondary N) is 1. The molecule has 110 valence electrons. The topological polar surface area (TPSA) is 64.9 Å². The molecule has 0 aromatic carbocycles. The third-order valence-corrected chi connectivity index (χ3v) is 4.24. The smallest absolute Gasteiger partial charge is 0.162 e. The lowest BCUT2D eigenvalue weighted by Crippen LogP contribution is -2.35. The summed E-state index contributed by atoms with van der Waals surface area (Å²) in [5.74, 6) is 1.96. The van der Waals surface area contributed by atoms with Gasteiger partial charge in [0.25, 0.3) is 0 Å². The summed E-state index contributed by atoms with van der Waals surface area (Å²) in [6, 6.07) is 4.10. The Morgan fingerprint density at radius 2 is 2.19 bits per heavy atom. The number of rotatable bonds is 2. The van der Waals surface area contributed by atoms with Gasteiger partial charge in [0.05, 0.1) is 6.04 Å². The van der Waals surface area contributed by atoms with Crippen molar-refractivity contribution in [2.24, 2.45) is 0 Å². The van der Waals surface area contributed by atoms with Crippen LogP contribution >= 0.6 is 0 Å². The molecule has 2 unspecified atom stereocenters. The van der Waals surface area contributed by atoms with Crippen molar-refractivity contribution in [3.63, 3.8) is 0 Å². The Balaban J connectivity index is 1.68. The molecule has 21 heavy (non-hydrogen) atoms. The molecule has 2 aromatic heterocycles. The molecule has 0 spiro atoms. The van der Waals surface area contributed by atoms with E-state index in [2.05, 4.69) is 31.1 Å². The quantitative estimate of drug-likeness (QED) is 0.908. The van der Waals surface area contributed by atoms with Crippen LogP contribution in [0.5, 0.6) is 0 Å². The minimum atomic E-state index is 0.0669. The van der Waals surface area contributed by atoms with Gasteiger partial charge in [-0.25, -0.2) is 0 Å². The van der Waals surface area contributed by atoms with Gasteiger partial charge in [-0.1, -0.05) is 6.07 Å². The maximum absolute atomic E-state index is 5.87. The van der Waals surface area contributed by atoms with Crippen molar-refractivity contribution < 1.29 is 4.74 Å². The molecule has 1 fully saturated rings. The van der Waals surface area contributed by atoms with Crippen LogP contribution in [-0.4, -0.2) is 32.9 Å². The molecule has 0 amide bonds. The second-order valence-corrected chi connectivity index (χ2v) is 5.60. The fraction of sp³-hybridized carbons (Fsp3) is 0.533. The molecule has 6 nitrogen and oxygen atoms in total. The van der Waals surface area contributed by atoms with Gasteiger partial charge in [0.15, 0.2) is 11.6 Å². The summed E-state index contributed by atoms with van der Waals surface area (Å²) in [7, 11) is 0. The van der Waals surface area contributed by atoms with Crippen molar-refractivity contribution in [2.75, 3.05) is 13.2 Å². The van der Waals surface area contributed by atoms with E-state index in [1.165, 1.54) is 6.42 Å². The second-order valence-electron chi connectivity index (χ2n) is 5.60. The highest BCUT2D eigenvalue weighted by Crippen LogP contribution is 2.30. The Kier molecular flexibility index (Phi) is 3.40. The highest BCUT2D eigenvalue weighted by atomic mass is 16.5. The van der Waals surface area contributed by atoms with Gasteiger partial charge in [-0.05, 0) is 30.9 Å². The van der Waals surface area contributed by atoms with E-state index in [1.807, 2.05) is 12.3 Å². The van der Waals surface area contributed by atoms with Crippen LogP contribution < -0.4 is 5.32 Å². The van der Waals surface area contributed by atoms with Gasteiger partial charge in [0.1, 0.15) is 6.10 Å². The fourth-order valence-electron chi connectivity index (χ4n) is 3.18. The molecular weight excluding hydrogens is 266 g/mol. The third kappa shape index (κ3) is 2.34. The molecule has 1 N–H and O–H groups in total. The van der Waals surface area contributed by atoms with Crippen LogP contribution in [0.25, 0.3) is 0 Å². The molecule has 2 atom stereocenters. The number of aromatic nitrogens is 4. The monoisotopic (exact) mass is 285 g/mol. The van der Waals surface area contributed by atoms with Gasteiger partial charge in [-0.3, -0.25) is 4.98 Å². The van der Waals surface area contributed by atoms with Crippen LogP contribution in [0.3, 0.4) is 0 Å². The van der Waals surface area contributed by atoms with Crippen LogP contribution in [0.4, 0.5) is 0 Å². The Hall–Kier alpha value is -1.79. The fourth-order valence-corrected chi connectivity index (χ4v) is 3.18. The summed E-state index contributed by atoms with van der Waals surface area (Å²) in [6.45, 7) is 2.63. The molecule has 0 aliphatic carbocycles. The molecule has 4 rings (SSSR count). The van der Waals surface area contributed by atoms with Crippen LogP contribution in [0.15, 0.2) is 24.5 Å². The van der Waals surface area contributed by atoms with Crippen molar-refractivity contribution in [1.82, 2.24) is 25.1 Å². The normalized spacial score (nSPS) is 25.5. The molecule has 0 bridgehead atoms. The molecule has 4 heterocycles. The van der Waals surface area contributed by atoms with Crippen molar-refractivity contribution >= 4 is 0 Å². The molecule has 2 aromatic rings. The van der Waals surface area contributed by atoms with Crippen LogP contribution in [-0.2, 0) is 11.3 Å². The first-order valence-electron chi connectivity index (χ1n) is 7.61. The Morgan fingerprint density at radius 3 is 3.00 bits per heavy atom. The lowest BCUT2D eigenvalue weighted by Gasteiger charge is -2.28. The number of fused-ring (bicyclic) bond motifs is 1. The highest BCUT2D eigenvalue weighted by Gasteiger charge is 2.30. The van der Waals surface area contributed by atoms with Gasteiger partial charge >= 0.3 is 0 Å². The molecule has 2 aliphatic heterocycles. The second kappa shape index (κ2) is 5.54. The zero-order valence-electron chi connectivity index (χ0n) is 11.9. The van der Waals surface area contributed by atoms with Gasteiger partial charge in [0.2, 0.25) is 0 Å². The molecule has 6 heteroatoms. The summed E-state index contributed by atoms with van der Waals surface area (Å²) < 4.78 is 8.10. The average Bonchev–Trinajstić information content (AvgIpc) is 3.00. The van der Waals surface area contributed by atoms with Gasteiger partial charge in [-0.15, -0.1) is 10.2 Å². The van der Waals surface area contributed by atoms with E-state index in [9.17, 15) is 0 Å². The standard InChI is InChI=1S/C15H19N5O/c1-2-9-21-12(5-1)14-18-19-15-13(17-7-8-20(14)15)11-4-3-6-16-10-11/h3-4,6,10,12-13,17H,1-2,5,7-9H2. The third-order valence-electron chi connectivity index (χ3n) is 4.24. The van der Waals surface area contributed by atoms with E-state index >= 15 is 0 Å². The van der Waals surface area contributed by atoms with E-state index in [-0.39, 0.29) is 12.1 Å². The Morgan fingerprint density at radius 1 is 1.24 bits per heavy atom. The zero-order valence-corrected chi connectivity index (χ0v) is 11.9. The van der Waals surface area contributed by atoms with E-state index in [0.29, 0.717) is 0 Å². The number of hydrogen-bond acceptors (Lipinski definition) is 5. The van der Waals surface area contributed by atoms with E-state index in [1.54, 1.807) is 6.20 Å². The lowest BCUT2D eigenvalue weighted by molar-refractivity contribution is 0.00677. The van der Waals surface area contributed by atoms with Crippen LogP contribution in [0.2, 0.25) is 0 Å². The van der Waals surface area contributed by atoms with E-state index < -0.39 is 0 Å². The summed E-state index contributed by atoms with van der Waals surface area (Å²) in [6.07, 6.45) is 7.18. The van der Waals surface area contributed by atoms with Gasteiger partial charge < -0.3 is 14.6 Å². The maximum Gasteiger partial charge on any atom is 0.162 e.